The first-order valence-electron chi connectivity index (χ1n) is 9.26. The summed E-state index contributed by atoms with van der Waals surface area (Å²) in [6.45, 7) is 8.56. The Balaban J connectivity index is 0.00000225. The number of halogens is 1. The largest absolute Gasteiger partial charge is 0.378 e. The average Bonchev–Trinajstić information content (AvgIpc) is 2.51. The molecule has 1 aromatic rings. The molecule has 0 aromatic carbocycles. The summed E-state index contributed by atoms with van der Waals surface area (Å²) >= 11 is 0. The first kappa shape index (κ1) is 20.4. The minimum absolute atomic E-state index is 0. The van der Waals surface area contributed by atoms with Gasteiger partial charge in [-0.15, -0.1) is 24.0 Å². The Morgan fingerprint density at radius 3 is 2.80 bits per heavy atom. The van der Waals surface area contributed by atoms with Crippen LogP contribution in [-0.4, -0.2) is 36.2 Å². The van der Waals surface area contributed by atoms with Crippen LogP contribution < -0.4 is 10.6 Å². The van der Waals surface area contributed by atoms with Gasteiger partial charge in [0.15, 0.2) is 5.96 Å². The predicted molar refractivity (Wildman–Crippen MR) is 112 cm³/mol. The number of nitrogens with zero attached hydrogens (tertiary/aromatic N) is 2. The SMILES string of the molecule is CCNC(=NCc1ncccc1C)NC1CC(OCC)C12CCC2.I. The predicted octanol–water partition coefficient (Wildman–Crippen LogP) is 3.41. The second kappa shape index (κ2) is 9.16. The molecule has 2 N–H and O–H groups in total. The Labute approximate surface area is 168 Å². The molecule has 25 heavy (non-hydrogen) atoms. The van der Waals surface area contributed by atoms with Crippen molar-refractivity contribution in [2.45, 2.75) is 65.1 Å². The molecular weight excluding hydrogens is 427 g/mol. The number of hydrogen-bond donors (Lipinski definition) is 2. The second-order valence-electron chi connectivity index (χ2n) is 6.93. The fourth-order valence-corrected chi connectivity index (χ4v) is 3.96. The third-order valence-corrected chi connectivity index (χ3v) is 5.60. The molecule has 2 saturated carbocycles. The van der Waals surface area contributed by atoms with Gasteiger partial charge in [-0.3, -0.25) is 4.98 Å². The van der Waals surface area contributed by atoms with Crippen molar-refractivity contribution in [1.29, 1.82) is 0 Å². The maximum atomic E-state index is 5.94. The molecule has 1 spiro atoms. The molecule has 0 aliphatic heterocycles. The Morgan fingerprint density at radius 1 is 1.40 bits per heavy atom. The van der Waals surface area contributed by atoms with Gasteiger partial charge in [0.25, 0.3) is 0 Å². The van der Waals surface area contributed by atoms with Crippen LogP contribution in [0.25, 0.3) is 0 Å². The molecule has 1 aromatic heterocycles. The highest BCUT2D eigenvalue weighted by atomic mass is 127. The molecule has 140 valence electrons. The zero-order valence-electron chi connectivity index (χ0n) is 15.5. The van der Waals surface area contributed by atoms with Crippen LogP contribution in [0.1, 0.15) is 50.8 Å². The van der Waals surface area contributed by atoms with Gasteiger partial charge in [-0.1, -0.05) is 12.5 Å². The van der Waals surface area contributed by atoms with Crippen LogP contribution in [0, 0.1) is 12.3 Å². The summed E-state index contributed by atoms with van der Waals surface area (Å²) in [5.74, 6) is 0.897. The highest BCUT2D eigenvalue weighted by molar-refractivity contribution is 14.0. The number of hydrogen-bond acceptors (Lipinski definition) is 3. The first-order valence-corrected chi connectivity index (χ1v) is 9.26. The van der Waals surface area contributed by atoms with Crippen molar-refractivity contribution >= 4 is 29.9 Å². The summed E-state index contributed by atoms with van der Waals surface area (Å²) in [5.41, 5.74) is 2.56. The van der Waals surface area contributed by atoms with E-state index in [-0.39, 0.29) is 24.0 Å². The number of aryl methyl sites for hydroxylation is 1. The second-order valence-corrected chi connectivity index (χ2v) is 6.93. The third-order valence-electron chi connectivity index (χ3n) is 5.60. The molecule has 6 heteroatoms. The maximum Gasteiger partial charge on any atom is 0.191 e. The van der Waals surface area contributed by atoms with Crippen LogP contribution in [0.3, 0.4) is 0 Å². The number of rotatable bonds is 6. The number of pyridine rings is 1. The Hall–Kier alpha value is -0.890. The average molecular weight is 458 g/mol. The lowest BCUT2D eigenvalue weighted by Crippen LogP contribution is -2.68. The van der Waals surface area contributed by atoms with Crippen LogP contribution in [0.15, 0.2) is 23.3 Å². The summed E-state index contributed by atoms with van der Waals surface area (Å²) in [4.78, 5) is 9.19. The molecule has 0 amide bonds. The van der Waals surface area contributed by atoms with Gasteiger partial charge in [-0.2, -0.15) is 0 Å². The zero-order valence-corrected chi connectivity index (χ0v) is 17.9. The molecule has 0 saturated heterocycles. The van der Waals surface area contributed by atoms with E-state index in [1.54, 1.807) is 0 Å². The number of ether oxygens (including phenoxy) is 1. The van der Waals surface area contributed by atoms with Crippen molar-refractivity contribution in [3.8, 4) is 0 Å². The molecular formula is C19H31IN4O. The summed E-state index contributed by atoms with van der Waals surface area (Å²) in [7, 11) is 0. The summed E-state index contributed by atoms with van der Waals surface area (Å²) in [6.07, 6.45) is 7.21. The van der Waals surface area contributed by atoms with Crippen molar-refractivity contribution in [3.05, 3.63) is 29.6 Å². The van der Waals surface area contributed by atoms with Crippen LogP contribution in [0.5, 0.6) is 0 Å². The Kier molecular flexibility index (Phi) is 7.49. The Bertz CT molecular complexity index is 589. The van der Waals surface area contributed by atoms with Crippen molar-refractivity contribution < 1.29 is 4.74 Å². The molecule has 2 aliphatic carbocycles. The number of nitrogens with one attached hydrogen (secondary N) is 2. The minimum Gasteiger partial charge on any atom is -0.378 e. The van der Waals surface area contributed by atoms with Gasteiger partial charge in [0.05, 0.1) is 18.3 Å². The first-order chi connectivity index (χ1) is 11.7. The van der Waals surface area contributed by atoms with Gasteiger partial charge in [0.2, 0.25) is 0 Å². The number of guanidine groups is 1. The van der Waals surface area contributed by atoms with Gasteiger partial charge < -0.3 is 15.4 Å². The van der Waals surface area contributed by atoms with Gasteiger partial charge in [0.1, 0.15) is 0 Å². The molecule has 2 aliphatic rings. The van der Waals surface area contributed by atoms with E-state index >= 15 is 0 Å². The molecule has 2 unspecified atom stereocenters. The maximum absolute atomic E-state index is 5.94. The summed E-state index contributed by atoms with van der Waals surface area (Å²) in [6, 6.07) is 4.53. The summed E-state index contributed by atoms with van der Waals surface area (Å²) < 4.78 is 5.94. The van der Waals surface area contributed by atoms with Crippen LogP contribution in [-0.2, 0) is 11.3 Å². The fourth-order valence-electron chi connectivity index (χ4n) is 3.96. The van der Waals surface area contributed by atoms with E-state index in [9.17, 15) is 0 Å². The third kappa shape index (κ3) is 4.27. The van der Waals surface area contributed by atoms with E-state index in [2.05, 4.69) is 42.5 Å². The van der Waals surface area contributed by atoms with Gasteiger partial charge in [-0.25, -0.2) is 4.99 Å². The van der Waals surface area contributed by atoms with E-state index in [4.69, 9.17) is 9.73 Å². The van der Waals surface area contributed by atoms with Crippen molar-refractivity contribution in [2.75, 3.05) is 13.2 Å². The summed E-state index contributed by atoms with van der Waals surface area (Å²) in [5, 5.41) is 7.03. The minimum atomic E-state index is 0. The molecule has 0 radical (unpaired) electrons. The lowest BCUT2D eigenvalue weighted by molar-refractivity contribution is -0.168. The molecule has 2 atom stereocenters. The number of aliphatic imine (C=N–C) groups is 1. The fraction of sp³-hybridized carbons (Fsp3) is 0.684. The number of aromatic nitrogens is 1. The standard InChI is InChI=1S/C19H30N4O.HI/c1-4-20-18(22-13-15-14(3)8-6-11-21-15)23-16-12-17(24-5-2)19(16)9-7-10-19;/h6,8,11,16-17H,4-5,7,9-10,12-13H2,1-3H3,(H2,20,22,23);1H. The zero-order chi connectivity index (χ0) is 17.0. The monoisotopic (exact) mass is 458 g/mol. The van der Waals surface area contributed by atoms with Crippen molar-refractivity contribution in [3.63, 3.8) is 0 Å². The highest BCUT2D eigenvalue weighted by Gasteiger charge is 2.59. The lowest BCUT2D eigenvalue weighted by Gasteiger charge is -2.61. The van der Waals surface area contributed by atoms with Crippen molar-refractivity contribution in [1.82, 2.24) is 15.6 Å². The Morgan fingerprint density at radius 2 is 2.20 bits per heavy atom. The highest BCUT2D eigenvalue weighted by Crippen LogP contribution is 2.57. The van der Waals surface area contributed by atoms with Crippen molar-refractivity contribution in [2.24, 2.45) is 10.4 Å². The van der Waals surface area contributed by atoms with E-state index in [1.165, 1.54) is 24.8 Å². The van der Waals surface area contributed by atoms with Crippen LogP contribution >= 0.6 is 24.0 Å². The molecule has 0 bridgehead atoms. The lowest BCUT2D eigenvalue weighted by atomic mass is 9.51. The van der Waals surface area contributed by atoms with Gasteiger partial charge in [0, 0.05) is 30.8 Å². The van der Waals surface area contributed by atoms with E-state index in [1.807, 2.05) is 12.3 Å². The quantitative estimate of drug-likeness (QED) is 0.390. The van der Waals surface area contributed by atoms with E-state index in [0.717, 1.165) is 31.2 Å². The van der Waals surface area contributed by atoms with Crippen LogP contribution in [0.4, 0.5) is 0 Å². The van der Waals surface area contributed by atoms with E-state index < -0.39 is 0 Å². The molecule has 3 rings (SSSR count). The normalized spacial score (nSPS) is 24.0. The molecule has 5 nitrogen and oxygen atoms in total. The molecule has 1 heterocycles. The van der Waals surface area contributed by atoms with E-state index in [0.29, 0.717) is 24.1 Å². The van der Waals surface area contributed by atoms with Gasteiger partial charge >= 0.3 is 0 Å². The van der Waals surface area contributed by atoms with Gasteiger partial charge in [-0.05, 0) is 51.7 Å². The topological polar surface area (TPSA) is 58.5 Å². The van der Waals surface area contributed by atoms with Crippen LogP contribution in [0.2, 0.25) is 0 Å². The molecule has 2 fully saturated rings. The smallest absolute Gasteiger partial charge is 0.191 e.